The first kappa shape index (κ1) is 17.4. The lowest BCUT2D eigenvalue weighted by molar-refractivity contribution is 0.0688. The maximum Gasteiger partial charge on any atom is 0.257 e. The van der Waals surface area contributed by atoms with Gasteiger partial charge in [-0.15, -0.1) is 0 Å². The van der Waals surface area contributed by atoms with E-state index in [1.807, 2.05) is 17.0 Å². The van der Waals surface area contributed by atoms with Crippen LogP contribution in [0.2, 0.25) is 0 Å². The minimum Gasteiger partial charge on any atom is -0.488 e. The Hall–Kier alpha value is -2.40. The van der Waals surface area contributed by atoms with Gasteiger partial charge in [-0.05, 0) is 55.1 Å². The third-order valence-corrected chi connectivity index (χ3v) is 4.66. The predicted molar refractivity (Wildman–Crippen MR) is 94.9 cm³/mol. The molecule has 0 bridgehead atoms. The second-order valence-corrected chi connectivity index (χ2v) is 6.38. The lowest BCUT2D eigenvalue weighted by atomic mass is 9.96. The molecule has 25 heavy (non-hydrogen) atoms. The Morgan fingerprint density at radius 1 is 1.12 bits per heavy atom. The van der Waals surface area contributed by atoms with Crippen LogP contribution in [0.5, 0.6) is 5.75 Å². The highest BCUT2D eigenvalue weighted by atomic mass is 19.1. The number of halogens is 1. The van der Waals surface area contributed by atoms with E-state index in [0.29, 0.717) is 30.4 Å². The number of rotatable bonds is 5. The van der Waals surface area contributed by atoms with Crippen molar-refractivity contribution in [1.29, 1.82) is 0 Å². The second-order valence-electron chi connectivity index (χ2n) is 6.38. The fourth-order valence-electron chi connectivity index (χ4n) is 3.05. The van der Waals surface area contributed by atoms with Gasteiger partial charge in [0.1, 0.15) is 18.2 Å². The Labute approximate surface area is 147 Å². The number of piperidine rings is 1. The molecular formula is C20H23FN2O2. The van der Waals surface area contributed by atoms with E-state index < -0.39 is 0 Å². The van der Waals surface area contributed by atoms with Crippen molar-refractivity contribution >= 4 is 5.91 Å². The van der Waals surface area contributed by atoms with Crippen LogP contribution >= 0.6 is 0 Å². The molecule has 0 atom stereocenters. The van der Waals surface area contributed by atoms with Crippen LogP contribution in [0.25, 0.3) is 0 Å². The van der Waals surface area contributed by atoms with Gasteiger partial charge < -0.3 is 15.4 Å². The van der Waals surface area contributed by atoms with Crippen molar-refractivity contribution < 1.29 is 13.9 Å². The van der Waals surface area contributed by atoms with E-state index in [0.717, 1.165) is 31.5 Å². The van der Waals surface area contributed by atoms with Crippen LogP contribution in [0.1, 0.15) is 28.8 Å². The summed E-state index contributed by atoms with van der Waals surface area (Å²) in [5, 5.41) is 0. The van der Waals surface area contributed by atoms with Crippen LogP contribution in [-0.2, 0) is 6.61 Å². The number of carbonyl (C=O) groups excluding carboxylic acids is 1. The van der Waals surface area contributed by atoms with Gasteiger partial charge in [-0.1, -0.05) is 24.3 Å². The first-order valence-electron chi connectivity index (χ1n) is 8.63. The van der Waals surface area contributed by atoms with Crippen molar-refractivity contribution in [2.24, 2.45) is 11.7 Å². The van der Waals surface area contributed by atoms with Crippen LogP contribution in [0.3, 0.4) is 0 Å². The summed E-state index contributed by atoms with van der Waals surface area (Å²) in [6.07, 6.45) is 1.89. The highest BCUT2D eigenvalue weighted by molar-refractivity contribution is 5.97. The van der Waals surface area contributed by atoms with E-state index in [1.54, 1.807) is 24.3 Å². The maximum absolute atomic E-state index is 13.0. The molecule has 4 nitrogen and oxygen atoms in total. The number of hydrogen-bond acceptors (Lipinski definition) is 3. The third-order valence-electron chi connectivity index (χ3n) is 4.66. The number of para-hydroxylation sites is 1. The topological polar surface area (TPSA) is 55.6 Å². The van der Waals surface area contributed by atoms with Gasteiger partial charge in [0, 0.05) is 13.1 Å². The number of hydrogen-bond donors (Lipinski definition) is 1. The number of amides is 1. The zero-order chi connectivity index (χ0) is 17.6. The molecule has 1 saturated heterocycles. The van der Waals surface area contributed by atoms with Crippen molar-refractivity contribution in [1.82, 2.24) is 4.90 Å². The van der Waals surface area contributed by atoms with E-state index in [9.17, 15) is 9.18 Å². The number of ether oxygens (including phenoxy) is 1. The van der Waals surface area contributed by atoms with E-state index in [1.165, 1.54) is 12.1 Å². The third kappa shape index (κ3) is 4.37. The smallest absolute Gasteiger partial charge is 0.257 e. The molecule has 1 heterocycles. The minimum absolute atomic E-state index is 0.00909. The quantitative estimate of drug-likeness (QED) is 0.908. The molecule has 5 heteroatoms. The fourth-order valence-corrected chi connectivity index (χ4v) is 3.05. The Morgan fingerprint density at radius 2 is 1.80 bits per heavy atom. The number of nitrogens with zero attached hydrogens (tertiary/aromatic N) is 1. The van der Waals surface area contributed by atoms with Crippen molar-refractivity contribution in [3.05, 3.63) is 65.5 Å². The molecule has 0 radical (unpaired) electrons. The van der Waals surface area contributed by atoms with Gasteiger partial charge in [-0.25, -0.2) is 4.39 Å². The average Bonchev–Trinajstić information content (AvgIpc) is 2.67. The SMILES string of the molecule is NCC1CCN(C(=O)c2ccccc2OCc2ccc(F)cc2)CC1. The highest BCUT2D eigenvalue weighted by Crippen LogP contribution is 2.24. The van der Waals surface area contributed by atoms with Crippen molar-refractivity contribution in [2.45, 2.75) is 19.4 Å². The Kier molecular flexibility index (Phi) is 5.66. The van der Waals surface area contributed by atoms with Gasteiger partial charge in [0.25, 0.3) is 5.91 Å². The normalized spacial score (nSPS) is 15.2. The molecule has 1 amide bonds. The molecule has 0 aromatic heterocycles. The fraction of sp³-hybridized carbons (Fsp3) is 0.350. The molecule has 3 rings (SSSR count). The Bertz CT molecular complexity index is 710. The predicted octanol–water partition coefficient (Wildman–Crippen LogP) is 3.22. The standard InChI is InChI=1S/C20H23FN2O2/c21-17-7-5-16(6-8-17)14-25-19-4-2-1-3-18(19)20(24)23-11-9-15(13-22)10-12-23/h1-8,15H,9-14,22H2. The molecule has 1 fully saturated rings. The van der Waals surface area contributed by atoms with Crippen LogP contribution in [0, 0.1) is 11.7 Å². The van der Waals surface area contributed by atoms with Crippen molar-refractivity contribution in [3.63, 3.8) is 0 Å². The van der Waals surface area contributed by atoms with Gasteiger partial charge in [0.2, 0.25) is 0 Å². The summed E-state index contributed by atoms with van der Waals surface area (Å²) in [6.45, 7) is 2.43. The zero-order valence-electron chi connectivity index (χ0n) is 14.2. The van der Waals surface area contributed by atoms with Crippen molar-refractivity contribution in [2.75, 3.05) is 19.6 Å². The van der Waals surface area contributed by atoms with Crippen LogP contribution < -0.4 is 10.5 Å². The van der Waals surface area contributed by atoms with Gasteiger partial charge in [0.05, 0.1) is 5.56 Å². The summed E-state index contributed by atoms with van der Waals surface area (Å²) < 4.78 is 18.8. The number of likely N-dealkylation sites (tertiary alicyclic amines) is 1. The summed E-state index contributed by atoms with van der Waals surface area (Å²) in [7, 11) is 0. The zero-order valence-corrected chi connectivity index (χ0v) is 14.2. The van der Waals surface area contributed by atoms with Gasteiger partial charge in [-0.2, -0.15) is 0 Å². The highest BCUT2D eigenvalue weighted by Gasteiger charge is 2.24. The Morgan fingerprint density at radius 3 is 2.48 bits per heavy atom. The summed E-state index contributed by atoms with van der Waals surface area (Å²) in [5.74, 6) is 0.775. The van der Waals surface area contributed by atoms with Crippen LogP contribution in [-0.4, -0.2) is 30.4 Å². The van der Waals surface area contributed by atoms with E-state index >= 15 is 0 Å². The lowest BCUT2D eigenvalue weighted by Gasteiger charge is -2.31. The van der Waals surface area contributed by atoms with Gasteiger partial charge >= 0.3 is 0 Å². The first-order chi connectivity index (χ1) is 12.2. The minimum atomic E-state index is -0.278. The number of carbonyl (C=O) groups is 1. The molecule has 0 aliphatic carbocycles. The summed E-state index contributed by atoms with van der Waals surface area (Å²) in [5.41, 5.74) is 7.14. The molecular weight excluding hydrogens is 319 g/mol. The van der Waals surface area contributed by atoms with E-state index in [-0.39, 0.29) is 11.7 Å². The van der Waals surface area contributed by atoms with Gasteiger partial charge in [-0.3, -0.25) is 4.79 Å². The molecule has 1 aliphatic heterocycles. The molecule has 2 aromatic carbocycles. The number of nitrogens with two attached hydrogens (primary N) is 1. The summed E-state index contributed by atoms with van der Waals surface area (Å²) in [4.78, 5) is 14.7. The molecule has 0 saturated carbocycles. The molecule has 0 unspecified atom stereocenters. The Balaban J connectivity index is 1.68. The molecule has 2 aromatic rings. The van der Waals surface area contributed by atoms with Crippen molar-refractivity contribution in [3.8, 4) is 5.75 Å². The largest absolute Gasteiger partial charge is 0.488 e. The summed E-state index contributed by atoms with van der Waals surface area (Å²) in [6, 6.07) is 13.4. The molecule has 2 N–H and O–H groups in total. The lowest BCUT2D eigenvalue weighted by Crippen LogP contribution is -2.40. The molecule has 0 spiro atoms. The first-order valence-corrected chi connectivity index (χ1v) is 8.63. The van der Waals surface area contributed by atoms with Crippen LogP contribution in [0.15, 0.2) is 48.5 Å². The summed E-state index contributed by atoms with van der Waals surface area (Å²) >= 11 is 0. The molecule has 1 aliphatic rings. The maximum atomic E-state index is 13.0. The average molecular weight is 342 g/mol. The van der Waals surface area contributed by atoms with E-state index in [4.69, 9.17) is 10.5 Å². The van der Waals surface area contributed by atoms with Gasteiger partial charge in [0.15, 0.2) is 0 Å². The number of benzene rings is 2. The van der Waals surface area contributed by atoms with Crippen LogP contribution in [0.4, 0.5) is 4.39 Å². The van der Waals surface area contributed by atoms with E-state index in [2.05, 4.69) is 0 Å². The molecule has 132 valence electrons. The monoisotopic (exact) mass is 342 g/mol. The second kappa shape index (κ2) is 8.12.